The molecule has 0 saturated carbocycles. The van der Waals surface area contributed by atoms with Crippen molar-refractivity contribution in [3.63, 3.8) is 0 Å². The summed E-state index contributed by atoms with van der Waals surface area (Å²) in [6, 6.07) is 6.28. The number of amides is 2. The number of benzene rings is 1. The maximum absolute atomic E-state index is 12.6. The summed E-state index contributed by atoms with van der Waals surface area (Å²) in [4.78, 5) is 37.6. The van der Waals surface area contributed by atoms with Crippen LogP contribution in [0.4, 0.5) is 5.69 Å². The molecular weight excluding hydrogens is 344 g/mol. The first-order valence-corrected chi connectivity index (χ1v) is 9.23. The molecule has 2 rings (SSSR count). The van der Waals surface area contributed by atoms with E-state index < -0.39 is 17.3 Å². The minimum atomic E-state index is -0.563. The Morgan fingerprint density at radius 1 is 1.28 bits per heavy atom. The topological polar surface area (TPSA) is 101 Å². The largest absolute Gasteiger partial charge is 0.494 e. The molecule has 1 aromatic rings. The number of nitrogens with zero attached hydrogens (tertiary/aromatic N) is 1. The molecule has 2 amide bonds. The number of carbonyl (C=O) groups is 3. The summed E-state index contributed by atoms with van der Waals surface area (Å²) in [5.74, 6) is 0.110. The maximum Gasteiger partial charge on any atom is 0.365 e. The third kappa shape index (κ3) is 4.73. The number of hydrogen-bond acceptors (Lipinski definition) is 6. The highest BCUT2D eigenvalue weighted by atomic mass is 32.2. The van der Waals surface area contributed by atoms with E-state index in [1.54, 1.807) is 31.2 Å². The zero-order valence-corrected chi connectivity index (χ0v) is 15.2. The Morgan fingerprint density at radius 3 is 2.56 bits per heavy atom. The van der Waals surface area contributed by atoms with Gasteiger partial charge in [0.05, 0.1) is 29.9 Å². The zero-order valence-electron chi connectivity index (χ0n) is 14.4. The number of carbonyl (C=O) groups excluding carboxylic acids is 3. The van der Waals surface area contributed by atoms with Gasteiger partial charge < -0.3 is 15.2 Å². The monoisotopic (exact) mass is 367 g/mol. The predicted octanol–water partition coefficient (Wildman–Crippen LogP) is 0.624. The molecule has 8 heteroatoms. The first-order valence-electron chi connectivity index (χ1n) is 8.18. The molecule has 1 aliphatic heterocycles. The SMILES string of the molecule is CCOC(=O)[C@@H]([NH3+])CS[C@H]1CC(=O)N(c2ccc(OCC)cc2)C1=O. The van der Waals surface area contributed by atoms with Gasteiger partial charge in [-0.05, 0) is 38.1 Å². The Kier molecular flexibility index (Phi) is 6.83. The van der Waals surface area contributed by atoms with Crippen LogP contribution in [0, 0.1) is 0 Å². The second kappa shape index (κ2) is 8.87. The summed E-state index contributed by atoms with van der Waals surface area (Å²) in [7, 11) is 0. The van der Waals surface area contributed by atoms with E-state index in [4.69, 9.17) is 9.47 Å². The maximum atomic E-state index is 12.6. The highest BCUT2D eigenvalue weighted by Crippen LogP contribution is 2.30. The molecule has 1 aliphatic rings. The number of imide groups is 1. The molecule has 0 bridgehead atoms. The minimum absolute atomic E-state index is 0.117. The molecule has 0 aliphatic carbocycles. The van der Waals surface area contributed by atoms with E-state index in [2.05, 4.69) is 5.73 Å². The highest BCUT2D eigenvalue weighted by molar-refractivity contribution is 8.00. The Hall–Kier alpha value is -2.06. The zero-order chi connectivity index (χ0) is 18.4. The van der Waals surface area contributed by atoms with E-state index in [0.29, 0.717) is 30.4 Å². The van der Waals surface area contributed by atoms with E-state index in [-0.39, 0.29) is 18.2 Å². The van der Waals surface area contributed by atoms with E-state index in [9.17, 15) is 14.4 Å². The summed E-state index contributed by atoms with van der Waals surface area (Å²) < 4.78 is 10.3. The van der Waals surface area contributed by atoms with Crippen molar-refractivity contribution in [3.05, 3.63) is 24.3 Å². The number of anilines is 1. The standard InChI is InChI=1S/C17H22N2O5S/c1-3-23-12-7-5-11(6-8-12)19-15(20)9-14(16(19)21)25-10-13(18)17(22)24-4-2/h5-8,13-14H,3-4,9-10,18H2,1-2H3/p+1/t13-,14-/m0/s1. The Morgan fingerprint density at radius 2 is 1.96 bits per heavy atom. The lowest BCUT2D eigenvalue weighted by Crippen LogP contribution is -2.66. The molecular formula is C17H23N2O5S+. The molecule has 25 heavy (non-hydrogen) atoms. The fraction of sp³-hybridized carbons (Fsp3) is 0.471. The van der Waals surface area contributed by atoms with Crippen molar-refractivity contribution in [3.8, 4) is 5.75 Å². The first-order chi connectivity index (χ1) is 12.0. The summed E-state index contributed by atoms with van der Waals surface area (Å²) in [5.41, 5.74) is 4.27. The Bertz CT molecular complexity index is 634. The van der Waals surface area contributed by atoms with E-state index >= 15 is 0 Å². The van der Waals surface area contributed by atoms with Crippen LogP contribution < -0.4 is 15.4 Å². The van der Waals surface area contributed by atoms with Crippen LogP contribution in [0.5, 0.6) is 5.75 Å². The van der Waals surface area contributed by atoms with Crippen molar-refractivity contribution in [1.82, 2.24) is 0 Å². The summed E-state index contributed by atoms with van der Waals surface area (Å²) in [5, 5.41) is -0.502. The van der Waals surface area contributed by atoms with Gasteiger partial charge in [0, 0.05) is 6.42 Å². The minimum Gasteiger partial charge on any atom is -0.494 e. The van der Waals surface area contributed by atoms with Gasteiger partial charge in [-0.3, -0.25) is 9.59 Å². The number of esters is 1. The lowest BCUT2D eigenvalue weighted by molar-refractivity contribution is -0.401. The van der Waals surface area contributed by atoms with Crippen LogP contribution in [0.3, 0.4) is 0 Å². The molecule has 2 atom stereocenters. The van der Waals surface area contributed by atoms with E-state index in [0.717, 1.165) is 0 Å². The molecule has 7 nitrogen and oxygen atoms in total. The molecule has 0 unspecified atom stereocenters. The Balaban J connectivity index is 1.98. The quantitative estimate of drug-likeness (QED) is 0.534. The molecule has 1 fully saturated rings. The number of ether oxygens (including phenoxy) is 2. The fourth-order valence-corrected chi connectivity index (χ4v) is 3.53. The van der Waals surface area contributed by atoms with Crippen LogP contribution in [-0.2, 0) is 19.1 Å². The van der Waals surface area contributed by atoms with Crippen LogP contribution in [0.2, 0.25) is 0 Å². The molecule has 1 heterocycles. The molecule has 1 aromatic carbocycles. The van der Waals surface area contributed by atoms with Gasteiger partial charge in [0.25, 0.3) is 0 Å². The van der Waals surface area contributed by atoms with Gasteiger partial charge in [0.2, 0.25) is 11.8 Å². The normalized spacial score (nSPS) is 18.4. The number of hydrogen-bond donors (Lipinski definition) is 1. The van der Waals surface area contributed by atoms with Crippen molar-refractivity contribution >= 4 is 35.2 Å². The van der Waals surface area contributed by atoms with E-state index in [1.165, 1.54) is 16.7 Å². The molecule has 136 valence electrons. The van der Waals surface area contributed by atoms with Gasteiger partial charge in [-0.1, -0.05) is 0 Å². The average Bonchev–Trinajstić information content (AvgIpc) is 2.88. The van der Waals surface area contributed by atoms with Crippen LogP contribution in [-0.4, -0.2) is 48.0 Å². The third-order valence-electron chi connectivity index (χ3n) is 3.63. The summed E-state index contributed by atoms with van der Waals surface area (Å²) >= 11 is 1.27. The smallest absolute Gasteiger partial charge is 0.365 e. The van der Waals surface area contributed by atoms with Crippen molar-refractivity contribution in [1.29, 1.82) is 0 Å². The third-order valence-corrected chi connectivity index (χ3v) is 5.00. The molecule has 0 radical (unpaired) electrons. The summed E-state index contributed by atoms with van der Waals surface area (Å²) in [6.45, 7) is 4.45. The van der Waals surface area contributed by atoms with Gasteiger partial charge in [-0.25, -0.2) is 9.69 Å². The molecule has 1 saturated heterocycles. The molecule has 0 spiro atoms. The molecule has 3 N–H and O–H groups in total. The second-order valence-corrected chi connectivity index (χ2v) is 6.71. The lowest BCUT2D eigenvalue weighted by atomic mass is 10.3. The van der Waals surface area contributed by atoms with Crippen LogP contribution in [0.1, 0.15) is 20.3 Å². The van der Waals surface area contributed by atoms with Gasteiger partial charge in [0.15, 0.2) is 6.04 Å². The van der Waals surface area contributed by atoms with Crippen LogP contribution >= 0.6 is 11.8 Å². The van der Waals surface area contributed by atoms with Crippen LogP contribution in [0.25, 0.3) is 0 Å². The van der Waals surface area contributed by atoms with Crippen molar-refractivity contribution < 1.29 is 29.6 Å². The summed E-state index contributed by atoms with van der Waals surface area (Å²) in [6.07, 6.45) is 0.117. The van der Waals surface area contributed by atoms with Crippen molar-refractivity contribution in [2.75, 3.05) is 23.9 Å². The first kappa shape index (κ1) is 19.3. The lowest BCUT2D eigenvalue weighted by Gasteiger charge is -2.15. The van der Waals surface area contributed by atoms with Crippen molar-refractivity contribution in [2.45, 2.75) is 31.6 Å². The fourth-order valence-electron chi connectivity index (χ4n) is 2.42. The predicted molar refractivity (Wildman–Crippen MR) is 94.3 cm³/mol. The molecule has 0 aromatic heterocycles. The average molecular weight is 367 g/mol. The van der Waals surface area contributed by atoms with Crippen LogP contribution in [0.15, 0.2) is 24.3 Å². The highest BCUT2D eigenvalue weighted by Gasteiger charge is 2.40. The van der Waals surface area contributed by atoms with Gasteiger partial charge in [-0.2, -0.15) is 0 Å². The number of thioether (sulfide) groups is 1. The van der Waals surface area contributed by atoms with Gasteiger partial charge in [-0.15, -0.1) is 11.8 Å². The van der Waals surface area contributed by atoms with Gasteiger partial charge in [0.1, 0.15) is 5.75 Å². The van der Waals surface area contributed by atoms with E-state index in [1.807, 2.05) is 6.92 Å². The van der Waals surface area contributed by atoms with Crippen molar-refractivity contribution in [2.24, 2.45) is 0 Å². The Labute approximate surface area is 150 Å². The number of rotatable bonds is 8. The number of quaternary nitrogens is 1. The second-order valence-electron chi connectivity index (χ2n) is 5.47. The van der Waals surface area contributed by atoms with Gasteiger partial charge >= 0.3 is 5.97 Å².